The van der Waals surface area contributed by atoms with Crippen molar-refractivity contribution in [3.63, 3.8) is 0 Å². The fourth-order valence-corrected chi connectivity index (χ4v) is 2.04. The third-order valence-electron chi connectivity index (χ3n) is 1.93. The zero-order chi connectivity index (χ0) is 10.8. The van der Waals surface area contributed by atoms with Crippen LogP contribution in [0.2, 0.25) is 0 Å². The molecule has 0 atom stereocenters. The Bertz CT molecular complexity index is 335. The van der Waals surface area contributed by atoms with Crippen molar-refractivity contribution in [3.05, 3.63) is 15.9 Å². The number of hydrogen-bond donors (Lipinski definition) is 2. The van der Waals surface area contributed by atoms with E-state index < -0.39 is 5.41 Å². The van der Waals surface area contributed by atoms with Gasteiger partial charge in [0.25, 0.3) is 0 Å². The van der Waals surface area contributed by atoms with Gasteiger partial charge in [-0.3, -0.25) is 4.79 Å². The summed E-state index contributed by atoms with van der Waals surface area (Å²) in [5, 5.41) is 3.66. The molecule has 1 rings (SSSR count). The monoisotopic (exact) mass is 276 g/mol. The van der Waals surface area contributed by atoms with E-state index in [2.05, 4.69) is 21.2 Å². The van der Waals surface area contributed by atoms with Crippen LogP contribution < -0.4 is 11.1 Å². The Morgan fingerprint density at radius 1 is 1.64 bits per heavy atom. The number of amides is 1. The number of anilines is 1. The van der Waals surface area contributed by atoms with E-state index in [0.717, 1.165) is 8.79 Å². The van der Waals surface area contributed by atoms with Gasteiger partial charge in [0.2, 0.25) is 5.91 Å². The molecule has 1 heterocycles. The Balaban J connectivity index is 2.66. The fraction of sp³-hybridized carbons (Fsp3) is 0.444. The second-order valence-electron chi connectivity index (χ2n) is 3.65. The molecule has 0 aliphatic carbocycles. The lowest BCUT2D eigenvalue weighted by atomic mass is 9.93. The molecule has 0 spiro atoms. The van der Waals surface area contributed by atoms with E-state index in [0.29, 0.717) is 6.54 Å². The number of thiophene rings is 1. The topological polar surface area (TPSA) is 55.1 Å². The van der Waals surface area contributed by atoms with E-state index >= 15 is 0 Å². The third-order valence-corrected chi connectivity index (χ3v) is 3.47. The molecule has 0 aliphatic heterocycles. The molecule has 0 saturated heterocycles. The van der Waals surface area contributed by atoms with Gasteiger partial charge in [-0.2, -0.15) is 0 Å². The molecule has 14 heavy (non-hydrogen) atoms. The maximum absolute atomic E-state index is 11.7. The summed E-state index contributed by atoms with van der Waals surface area (Å²) in [5.41, 5.74) is 4.98. The molecule has 1 amide bonds. The maximum Gasteiger partial charge on any atom is 0.231 e. The van der Waals surface area contributed by atoms with Gasteiger partial charge >= 0.3 is 0 Å². The minimum atomic E-state index is -0.517. The summed E-state index contributed by atoms with van der Waals surface area (Å²) in [7, 11) is 0. The second-order valence-corrected chi connectivity index (χ2v) is 6.11. The Kier molecular flexibility index (Phi) is 3.69. The highest BCUT2D eigenvalue weighted by Gasteiger charge is 2.25. The van der Waals surface area contributed by atoms with Crippen LogP contribution in [-0.4, -0.2) is 12.5 Å². The smallest absolute Gasteiger partial charge is 0.231 e. The Hall–Kier alpha value is -0.390. The lowest BCUT2D eigenvalue weighted by Gasteiger charge is -2.20. The number of carbonyl (C=O) groups is 1. The summed E-state index contributed by atoms with van der Waals surface area (Å²) >= 11 is 4.82. The van der Waals surface area contributed by atoms with Crippen molar-refractivity contribution in [2.24, 2.45) is 11.1 Å². The number of rotatable bonds is 3. The van der Waals surface area contributed by atoms with Crippen molar-refractivity contribution in [2.45, 2.75) is 13.8 Å². The highest BCUT2D eigenvalue weighted by molar-refractivity contribution is 9.11. The first-order valence-electron chi connectivity index (χ1n) is 4.22. The van der Waals surface area contributed by atoms with Crippen LogP contribution in [0.1, 0.15) is 13.8 Å². The highest BCUT2D eigenvalue weighted by atomic mass is 79.9. The van der Waals surface area contributed by atoms with Crippen LogP contribution in [0.15, 0.2) is 15.9 Å². The maximum atomic E-state index is 11.7. The van der Waals surface area contributed by atoms with Gasteiger partial charge in [0.15, 0.2) is 0 Å². The zero-order valence-corrected chi connectivity index (χ0v) is 10.5. The van der Waals surface area contributed by atoms with E-state index in [1.165, 1.54) is 11.3 Å². The molecule has 78 valence electrons. The summed E-state index contributed by atoms with van der Waals surface area (Å²) in [4.78, 5) is 11.7. The molecular weight excluding hydrogens is 264 g/mol. The number of hydrogen-bond acceptors (Lipinski definition) is 3. The first-order chi connectivity index (χ1) is 6.45. The summed E-state index contributed by atoms with van der Waals surface area (Å²) in [6, 6.07) is 3.76. The fourth-order valence-electron chi connectivity index (χ4n) is 0.755. The van der Waals surface area contributed by atoms with Crippen molar-refractivity contribution in [1.82, 2.24) is 0 Å². The quantitative estimate of drug-likeness (QED) is 0.891. The molecule has 0 fully saturated rings. The average Bonchev–Trinajstić information content (AvgIpc) is 2.51. The standard InChI is InChI=1S/C9H13BrN2OS/c1-9(2,5-11)8(13)12-7-4-3-6(10)14-7/h3-4H,5,11H2,1-2H3,(H,12,13). The van der Waals surface area contributed by atoms with Crippen LogP contribution in [0.4, 0.5) is 5.00 Å². The molecular formula is C9H13BrN2OS. The summed E-state index contributed by atoms with van der Waals surface area (Å²) in [6.45, 7) is 3.99. The Labute approximate surface area is 95.8 Å². The Morgan fingerprint density at radius 3 is 2.71 bits per heavy atom. The van der Waals surface area contributed by atoms with Gasteiger partial charge in [-0.15, -0.1) is 11.3 Å². The van der Waals surface area contributed by atoms with Crippen LogP contribution >= 0.6 is 27.3 Å². The van der Waals surface area contributed by atoms with E-state index in [-0.39, 0.29) is 5.91 Å². The molecule has 0 aliphatic rings. The first-order valence-corrected chi connectivity index (χ1v) is 5.83. The number of carbonyl (C=O) groups excluding carboxylic acids is 1. The minimum absolute atomic E-state index is 0.0469. The third kappa shape index (κ3) is 2.80. The largest absolute Gasteiger partial charge is 0.329 e. The number of halogens is 1. The van der Waals surface area contributed by atoms with E-state index in [9.17, 15) is 4.79 Å². The lowest BCUT2D eigenvalue weighted by molar-refractivity contribution is -0.123. The van der Waals surface area contributed by atoms with Gasteiger partial charge in [-0.05, 0) is 41.9 Å². The van der Waals surface area contributed by atoms with Gasteiger partial charge in [0.1, 0.15) is 0 Å². The molecule has 5 heteroatoms. The first kappa shape index (κ1) is 11.7. The van der Waals surface area contributed by atoms with Crippen molar-refractivity contribution >= 4 is 38.2 Å². The van der Waals surface area contributed by atoms with Crippen molar-refractivity contribution in [3.8, 4) is 0 Å². The average molecular weight is 277 g/mol. The van der Waals surface area contributed by atoms with Gasteiger partial charge in [0, 0.05) is 6.54 Å². The molecule has 3 nitrogen and oxygen atoms in total. The van der Waals surface area contributed by atoms with Gasteiger partial charge in [-0.25, -0.2) is 0 Å². The predicted molar refractivity (Wildman–Crippen MR) is 63.5 cm³/mol. The van der Waals surface area contributed by atoms with Crippen LogP contribution in [0.3, 0.4) is 0 Å². The lowest BCUT2D eigenvalue weighted by Crippen LogP contribution is -2.37. The molecule has 1 aromatic heterocycles. The molecule has 0 bridgehead atoms. The number of nitrogens with two attached hydrogens (primary N) is 1. The van der Waals surface area contributed by atoms with Crippen LogP contribution in [0.5, 0.6) is 0 Å². The molecule has 0 radical (unpaired) electrons. The van der Waals surface area contributed by atoms with Crippen molar-refractivity contribution in [2.75, 3.05) is 11.9 Å². The Morgan fingerprint density at radius 2 is 2.29 bits per heavy atom. The van der Waals surface area contributed by atoms with Gasteiger partial charge in [0.05, 0.1) is 14.2 Å². The van der Waals surface area contributed by atoms with Crippen molar-refractivity contribution < 1.29 is 4.79 Å². The van der Waals surface area contributed by atoms with E-state index in [1.54, 1.807) is 0 Å². The van der Waals surface area contributed by atoms with E-state index in [1.807, 2.05) is 26.0 Å². The molecule has 1 aromatic rings. The number of nitrogens with one attached hydrogen (secondary N) is 1. The van der Waals surface area contributed by atoms with Crippen LogP contribution in [-0.2, 0) is 4.79 Å². The van der Waals surface area contributed by atoms with E-state index in [4.69, 9.17) is 5.73 Å². The highest BCUT2D eigenvalue weighted by Crippen LogP contribution is 2.27. The van der Waals surface area contributed by atoms with Gasteiger partial charge in [-0.1, -0.05) is 0 Å². The van der Waals surface area contributed by atoms with Crippen LogP contribution in [0, 0.1) is 5.41 Å². The van der Waals surface area contributed by atoms with Crippen molar-refractivity contribution in [1.29, 1.82) is 0 Å². The summed E-state index contributed by atoms with van der Waals surface area (Å²) < 4.78 is 0.998. The minimum Gasteiger partial charge on any atom is -0.329 e. The van der Waals surface area contributed by atoms with Gasteiger partial charge < -0.3 is 11.1 Å². The molecule has 0 unspecified atom stereocenters. The molecule has 0 saturated carbocycles. The predicted octanol–water partition coefficient (Wildman–Crippen LogP) is 2.43. The molecule has 3 N–H and O–H groups in total. The SMILES string of the molecule is CC(C)(CN)C(=O)Nc1ccc(Br)s1. The summed E-state index contributed by atoms with van der Waals surface area (Å²) in [6.07, 6.45) is 0. The normalized spacial score (nSPS) is 11.4. The van der Waals surface area contributed by atoms with Crippen LogP contribution in [0.25, 0.3) is 0 Å². The second kappa shape index (κ2) is 4.42. The summed E-state index contributed by atoms with van der Waals surface area (Å²) in [5.74, 6) is -0.0469. The zero-order valence-electron chi connectivity index (χ0n) is 8.13. The molecule has 0 aromatic carbocycles.